The highest BCUT2D eigenvalue weighted by Crippen LogP contribution is 2.21. The third-order valence-corrected chi connectivity index (χ3v) is 2.57. The van der Waals surface area contributed by atoms with Crippen LogP contribution in [0.4, 0.5) is 5.69 Å². The van der Waals surface area contributed by atoms with Crippen molar-refractivity contribution in [3.63, 3.8) is 0 Å². The van der Waals surface area contributed by atoms with Gasteiger partial charge in [0.25, 0.3) is 11.2 Å². The first kappa shape index (κ1) is 12.0. The number of aromatic hydroxyl groups is 1. The van der Waals surface area contributed by atoms with Crippen molar-refractivity contribution in [2.75, 3.05) is 0 Å². The fourth-order valence-corrected chi connectivity index (χ4v) is 1.78. The minimum atomic E-state index is -0.575. The molecule has 0 bridgehead atoms. The Morgan fingerprint density at radius 3 is 2.67 bits per heavy atom. The predicted molar refractivity (Wildman–Crippen MR) is 64.7 cm³/mol. The van der Waals surface area contributed by atoms with Gasteiger partial charge in [0.2, 0.25) is 0 Å². The number of hydrogen-bond donors (Lipinski definition) is 1. The summed E-state index contributed by atoms with van der Waals surface area (Å²) in [5.74, 6) is -0.446. The first-order chi connectivity index (χ1) is 8.41. The Kier molecular flexibility index (Phi) is 2.74. The summed E-state index contributed by atoms with van der Waals surface area (Å²) < 4.78 is 1.30. The number of aromatic nitrogens is 2. The molecule has 2 rings (SSSR count). The molecule has 0 saturated carbocycles. The third kappa shape index (κ3) is 1.79. The lowest BCUT2D eigenvalue weighted by Crippen LogP contribution is -2.22. The summed E-state index contributed by atoms with van der Waals surface area (Å²) in [5, 5.41) is 20.6. The summed E-state index contributed by atoms with van der Waals surface area (Å²) in [4.78, 5) is 25.8. The van der Waals surface area contributed by atoms with Crippen molar-refractivity contribution < 1.29 is 10.0 Å². The molecule has 0 aliphatic carbocycles. The van der Waals surface area contributed by atoms with Gasteiger partial charge in [-0.1, -0.05) is 0 Å². The standard InChI is InChI=1S/C11H11N3O4/c1-6(2)13-10-7(4-9(15)11(13)16)3-8(5-12-10)14(17)18/h3-6,15H,1-2H3. The van der Waals surface area contributed by atoms with E-state index in [2.05, 4.69) is 4.98 Å². The molecular formula is C11H11N3O4. The second kappa shape index (κ2) is 4.10. The number of fused-ring (bicyclic) bond motifs is 1. The van der Waals surface area contributed by atoms with Crippen LogP contribution in [0, 0.1) is 10.1 Å². The molecule has 0 atom stereocenters. The molecule has 0 unspecified atom stereocenters. The zero-order valence-electron chi connectivity index (χ0n) is 9.82. The molecular weight excluding hydrogens is 238 g/mol. The zero-order chi connectivity index (χ0) is 13.4. The maximum absolute atomic E-state index is 11.8. The second-order valence-electron chi connectivity index (χ2n) is 4.16. The molecule has 2 aromatic rings. The molecule has 0 aromatic carbocycles. The number of nitro groups is 1. The van der Waals surface area contributed by atoms with Gasteiger partial charge in [0.15, 0.2) is 5.75 Å². The van der Waals surface area contributed by atoms with Crippen LogP contribution in [0.2, 0.25) is 0 Å². The Morgan fingerprint density at radius 2 is 2.11 bits per heavy atom. The molecule has 7 heteroatoms. The van der Waals surface area contributed by atoms with Crippen molar-refractivity contribution in [1.29, 1.82) is 0 Å². The highest BCUT2D eigenvalue weighted by molar-refractivity contribution is 5.78. The van der Waals surface area contributed by atoms with Gasteiger partial charge in [0.05, 0.1) is 4.92 Å². The average Bonchev–Trinajstić information content (AvgIpc) is 2.29. The zero-order valence-corrected chi connectivity index (χ0v) is 9.82. The van der Waals surface area contributed by atoms with Crippen LogP contribution in [0.15, 0.2) is 23.1 Å². The van der Waals surface area contributed by atoms with Gasteiger partial charge in [-0.05, 0) is 19.9 Å². The van der Waals surface area contributed by atoms with Gasteiger partial charge in [-0.25, -0.2) is 4.98 Å². The lowest BCUT2D eigenvalue weighted by molar-refractivity contribution is -0.385. The molecule has 0 amide bonds. The Labute approximate surface area is 101 Å². The average molecular weight is 249 g/mol. The largest absolute Gasteiger partial charge is 0.503 e. The lowest BCUT2D eigenvalue weighted by Gasteiger charge is -2.12. The van der Waals surface area contributed by atoms with Crippen LogP contribution in [0.1, 0.15) is 19.9 Å². The van der Waals surface area contributed by atoms with E-state index in [0.717, 1.165) is 6.20 Å². The van der Waals surface area contributed by atoms with Crippen LogP contribution in [-0.2, 0) is 0 Å². The third-order valence-electron chi connectivity index (χ3n) is 2.57. The molecule has 0 aliphatic rings. The molecule has 2 aromatic heterocycles. The Morgan fingerprint density at radius 1 is 1.44 bits per heavy atom. The Hall–Kier alpha value is -2.44. The van der Waals surface area contributed by atoms with Crippen molar-refractivity contribution in [2.45, 2.75) is 19.9 Å². The normalized spacial score (nSPS) is 11.1. The molecule has 7 nitrogen and oxygen atoms in total. The maximum atomic E-state index is 11.8. The van der Waals surface area contributed by atoms with E-state index in [1.165, 1.54) is 16.7 Å². The SMILES string of the molecule is CC(C)n1c(=O)c(O)cc2cc([N+](=O)[O-])cnc21. The Balaban J connectivity index is 2.87. The van der Waals surface area contributed by atoms with Crippen LogP contribution in [0.25, 0.3) is 11.0 Å². The summed E-state index contributed by atoms with van der Waals surface area (Å²) in [6.45, 7) is 3.53. The van der Waals surface area contributed by atoms with E-state index in [4.69, 9.17) is 0 Å². The molecule has 0 aliphatic heterocycles. The summed E-state index contributed by atoms with van der Waals surface area (Å²) in [6, 6.07) is 2.26. The van der Waals surface area contributed by atoms with E-state index >= 15 is 0 Å². The first-order valence-electron chi connectivity index (χ1n) is 5.30. The van der Waals surface area contributed by atoms with Crippen LogP contribution in [-0.4, -0.2) is 19.6 Å². The van der Waals surface area contributed by atoms with Crippen LogP contribution in [0.5, 0.6) is 5.75 Å². The van der Waals surface area contributed by atoms with E-state index in [1.54, 1.807) is 13.8 Å². The fraction of sp³-hybridized carbons (Fsp3) is 0.273. The van der Waals surface area contributed by atoms with E-state index in [-0.39, 0.29) is 11.7 Å². The maximum Gasteiger partial charge on any atom is 0.294 e. The predicted octanol–water partition coefficient (Wildman–Crippen LogP) is 1.59. The molecule has 2 heterocycles. The van der Waals surface area contributed by atoms with Gasteiger partial charge >= 0.3 is 0 Å². The van der Waals surface area contributed by atoms with Crippen molar-refractivity contribution in [3.05, 3.63) is 38.8 Å². The minimum Gasteiger partial charge on any atom is -0.503 e. The number of pyridine rings is 2. The number of nitrogens with zero attached hydrogens (tertiary/aromatic N) is 3. The van der Waals surface area contributed by atoms with Gasteiger partial charge in [0, 0.05) is 17.5 Å². The number of rotatable bonds is 2. The summed E-state index contributed by atoms with van der Waals surface area (Å²) in [6.07, 6.45) is 1.09. The van der Waals surface area contributed by atoms with Gasteiger partial charge in [-0.2, -0.15) is 0 Å². The molecule has 0 spiro atoms. The lowest BCUT2D eigenvalue weighted by atomic mass is 10.2. The van der Waals surface area contributed by atoms with Crippen molar-refractivity contribution in [3.8, 4) is 5.75 Å². The topological polar surface area (TPSA) is 98.3 Å². The summed E-state index contributed by atoms with van der Waals surface area (Å²) in [7, 11) is 0. The van der Waals surface area contributed by atoms with Crippen molar-refractivity contribution >= 4 is 16.7 Å². The Bertz CT molecular complexity index is 690. The van der Waals surface area contributed by atoms with Gasteiger partial charge in [-0.15, -0.1) is 0 Å². The number of hydrogen-bond acceptors (Lipinski definition) is 5. The van der Waals surface area contributed by atoms with Gasteiger partial charge in [0.1, 0.15) is 11.8 Å². The highest BCUT2D eigenvalue weighted by atomic mass is 16.6. The van der Waals surface area contributed by atoms with E-state index in [0.29, 0.717) is 11.0 Å². The van der Waals surface area contributed by atoms with E-state index in [1.807, 2.05) is 0 Å². The van der Waals surface area contributed by atoms with E-state index in [9.17, 15) is 20.0 Å². The smallest absolute Gasteiger partial charge is 0.294 e. The monoisotopic (exact) mass is 249 g/mol. The van der Waals surface area contributed by atoms with Crippen LogP contribution < -0.4 is 5.56 Å². The first-order valence-corrected chi connectivity index (χ1v) is 5.30. The molecule has 18 heavy (non-hydrogen) atoms. The fourth-order valence-electron chi connectivity index (χ4n) is 1.78. The van der Waals surface area contributed by atoms with Crippen molar-refractivity contribution in [2.24, 2.45) is 0 Å². The summed E-state index contributed by atoms with van der Waals surface area (Å²) in [5.41, 5.74) is -0.423. The molecule has 0 fully saturated rings. The molecule has 0 radical (unpaired) electrons. The van der Waals surface area contributed by atoms with Crippen LogP contribution in [0.3, 0.4) is 0 Å². The van der Waals surface area contributed by atoms with Gasteiger partial charge < -0.3 is 5.11 Å². The summed E-state index contributed by atoms with van der Waals surface area (Å²) >= 11 is 0. The second-order valence-corrected chi connectivity index (χ2v) is 4.16. The molecule has 0 saturated heterocycles. The van der Waals surface area contributed by atoms with E-state index < -0.39 is 16.2 Å². The molecule has 94 valence electrons. The quantitative estimate of drug-likeness (QED) is 0.643. The van der Waals surface area contributed by atoms with Gasteiger partial charge in [-0.3, -0.25) is 19.5 Å². The van der Waals surface area contributed by atoms with Crippen molar-refractivity contribution in [1.82, 2.24) is 9.55 Å². The van der Waals surface area contributed by atoms with Crippen LogP contribution >= 0.6 is 0 Å². The minimum absolute atomic E-state index is 0.184. The highest BCUT2D eigenvalue weighted by Gasteiger charge is 2.15. The molecule has 1 N–H and O–H groups in total.